The van der Waals surface area contributed by atoms with E-state index in [4.69, 9.17) is 5.73 Å². The summed E-state index contributed by atoms with van der Waals surface area (Å²) in [7, 11) is 0. The number of hydrogen-bond acceptors (Lipinski definition) is 3. The van der Waals surface area contributed by atoms with Crippen LogP contribution in [-0.4, -0.2) is 23.9 Å². The van der Waals surface area contributed by atoms with Crippen LogP contribution in [-0.2, 0) is 9.59 Å². The van der Waals surface area contributed by atoms with Gasteiger partial charge in [-0.25, -0.2) is 0 Å². The maximum Gasteiger partial charge on any atom is 0.244 e. The lowest BCUT2D eigenvalue weighted by atomic mass is 9.93. The van der Waals surface area contributed by atoms with Gasteiger partial charge < -0.3 is 16.0 Å². The van der Waals surface area contributed by atoms with Crippen molar-refractivity contribution in [2.75, 3.05) is 16.8 Å². The fraction of sp³-hybridized carbons (Fsp3) is 0.500. The number of nitrogens with one attached hydrogen (secondary N) is 1. The highest BCUT2D eigenvalue weighted by Gasteiger charge is 2.31. The first kappa shape index (κ1) is 15.5. The summed E-state index contributed by atoms with van der Waals surface area (Å²) in [4.78, 5) is 26.0. The van der Waals surface area contributed by atoms with Gasteiger partial charge in [-0.05, 0) is 31.4 Å². The Morgan fingerprint density at radius 3 is 2.57 bits per heavy atom. The second-order valence-electron chi connectivity index (χ2n) is 5.48. The number of para-hydroxylation sites is 2. The van der Waals surface area contributed by atoms with Crippen LogP contribution in [0, 0.1) is 0 Å². The van der Waals surface area contributed by atoms with Crippen LogP contribution in [0.4, 0.5) is 11.4 Å². The molecule has 0 atom stereocenters. The molecule has 0 saturated carbocycles. The minimum Gasteiger partial charge on any atom is -0.323 e. The Morgan fingerprint density at radius 1 is 1.33 bits per heavy atom. The van der Waals surface area contributed by atoms with E-state index in [1.54, 1.807) is 4.90 Å². The van der Waals surface area contributed by atoms with Crippen LogP contribution in [0.5, 0.6) is 0 Å². The van der Waals surface area contributed by atoms with Gasteiger partial charge in [-0.2, -0.15) is 0 Å². The van der Waals surface area contributed by atoms with Gasteiger partial charge in [-0.3, -0.25) is 9.59 Å². The standard InChI is InChI=1S/C16H23N3O2/c1-3-16(17,4-2)15(21)18-12-8-5-6-9-13(12)19-11-7-10-14(19)20/h5-6,8-9H,3-4,7,10-11,17H2,1-2H3,(H,18,21). The molecule has 0 radical (unpaired) electrons. The summed E-state index contributed by atoms with van der Waals surface area (Å²) in [5.41, 5.74) is 6.65. The highest BCUT2D eigenvalue weighted by Crippen LogP contribution is 2.30. The molecule has 2 amide bonds. The van der Waals surface area contributed by atoms with Gasteiger partial charge in [0.25, 0.3) is 0 Å². The molecule has 3 N–H and O–H groups in total. The van der Waals surface area contributed by atoms with Crippen molar-refractivity contribution in [2.45, 2.75) is 45.1 Å². The van der Waals surface area contributed by atoms with Crippen molar-refractivity contribution in [3.63, 3.8) is 0 Å². The van der Waals surface area contributed by atoms with E-state index >= 15 is 0 Å². The van der Waals surface area contributed by atoms with Crippen LogP contribution in [0.3, 0.4) is 0 Å². The number of anilines is 2. The lowest BCUT2D eigenvalue weighted by Crippen LogP contribution is -2.50. The Balaban J connectivity index is 2.25. The van der Waals surface area contributed by atoms with Crippen molar-refractivity contribution in [2.24, 2.45) is 5.73 Å². The zero-order valence-electron chi connectivity index (χ0n) is 12.7. The van der Waals surface area contributed by atoms with E-state index in [1.165, 1.54) is 0 Å². The third-order valence-corrected chi connectivity index (χ3v) is 4.23. The number of nitrogens with zero attached hydrogens (tertiary/aromatic N) is 1. The average Bonchev–Trinajstić information content (AvgIpc) is 2.93. The van der Waals surface area contributed by atoms with Crippen LogP contribution in [0.1, 0.15) is 39.5 Å². The minimum absolute atomic E-state index is 0.0988. The summed E-state index contributed by atoms with van der Waals surface area (Å²) in [5.74, 6) is -0.103. The van der Waals surface area contributed by atoms with Gasteiger partial charge in [-0.15, -0.1) is 0 Å². The van der Waals surface area contributed by atoms with Crippen molar-refractivity contribution < 1.29 is 9.59 Å². The molecule has 1 aromatic rings. The summed E-state index contributed by atoms with van der Waals surface area (Å²) in [6, 6.07) is 7.38. The molecule has 0 unspecified atom stereocenters. The molecule has 5 nitrogen and oxygen atoms in total. The topological polar surface area (TPSA) is 75.4 Å². The van der Waals surface area contributed by atoms with Gasteiger partial charge in [0.15, 0.2) is 0 Å². The van der Waals surface area contributed by atoms with Crippen LogP contribution < -0.4 is 16.0 Å². The summed E-state index contributed by atoms with van der Waals surface area (Å²) in [6.45, 7) is 4.50. The summed E-state index contributed by atoms with van der Waals surface area (Å²) < 4.78 is 0. The number of benzene rings is 1. The maximum absolute atomic E-state index is 12.4. The lowest BCUT2D eigenvalue weighted by Gasteiger charge is -2.27. The Bertz CT molecular complexity index is 538. The molecule has 0 aliphatic carbocycles. The quantitative estimate of drug-likeness (QED) is 0.873. The second kappa shape index (κ2) is 6.26. The van der Waals surface area contributed by atoms with Crippen LogP contribution in [0.2, 0.25) is 0 Å². The van der Waals surface area contributed by atoms with Gasteiger partial charge in [-0.1, -0.05) is 26.0 Å². The number of rotatable bonds is 5. The molecular weight excluding hydrogens is 266 g/mol. The number of nitrogens with two attached hydrogens (primary N) is 1. The first-order valence-corrected chi connectivity index (χ1v) is 7.51. The third-order valence-electron chi connectivity index (χ3n) is 4.23. The maximum atomic E-state index is 12.4. The first-order chi connectivity index (χ1) is 10.0. The van der Waals surface area contributed by atoms with Gasteiger partial charge in [0.05, 0.1) is 16.9 Å². The van der Waals surface area contributed by atoms with E-state index < -0.39 is 5.54 Å². The SMILES string of the molecule is CCC(N)(CC)C(=O)Nc1ccccc1N1CCCC1=O. The van der Waals surface area contributed by atoms with Crippen LogP contribution >= 0.6 is 0 Å². The van der Waals surface area contributed by atoms with Crippen molar-refractivity contribution in [1.29, 1.82) is 0 Å². The van der Waals surface area contributed by atoms with Crippen molar-refractivity contribution in [1.82, 2.24) is 0 Å². The Labute approximate surface area is 125 Å². The highest BCUT2D eigenvalue weighted by molar-refractivity contribution is 6.04. The average molecular weight is 289 g/mol. The molecular formula is C16H23N3O2. The van der Waals surface area contributed by atoms with E-state index in [0.717, 1.165) is 12.1 Å². The molecule has 1 aromatic carbocycles. The van der Waals surface area contributed by atoms with E-state index in [0.29, 0.717) is 31.5 Å². The monoisotopic (exact) mass is 289 g/mol. The van der Waals surface area contributed by atoms with E-state index in [-0.39, 0.29) is 11.8 Å². The zero-order chi connectivity index (χ0) is 15.5. The highest BCUT2D eigenvalue weighted by atomic mass is 16.2. The smallest absolute Gasteiger partial charge is 0.244 e. The molecule has 2 rings (SSSR count). The van der Waals surface area contributed by atoms with E-state index in [9.17, 15) is 9.59 Å². The van der Waals surface area contributed by atoms with Crippen molar-refractivity contribution >= 4 is 23.2 Å². The second-order valence-corrected chi connectivity index (χ2v) is 5.48. The number of hydrogen-bond donors (Lipinski definition) is 2. The predicted octanol–water partition coefficient (Wildman–Crippen LogP) is 2.27. The summed E-state index contributed by atoms with van der Waals surface area (Å²) >= 11 is 0. The number of carbonyl (C=O) groups is 2. The molecule has 1 fully saturated rings. The fourth-order valence-corrected chi connectivity index (χ4v) is 2.54. The van der Waals surface area contributed by atoms with Gasteiger partial charge >= 0.3 is 0 Å². The minimum atomic E-state index is -0.873. The van der Waals surface area contributed by atoms with Crippen molar-refractivity contribution in [3.05, 3.63) is 24.3 Å². The molecule has 0 spiro atoms. The third kappa shape index (κ3) is 3.08. The molecule has 5 heteroatoms. The van der Waals surface area contributed by atoms with Gasteiger partial charge in [0, 0.05) is 13.0 Å². The number of carbonyl (C=O) groups excluding carboxylic acids is 2. The van der Waals surface area contributed by atoms with Crippen LogP contribution in [0.25, 0.3) is 0 Å². The Morgan fingerprint density at radius 2 is 2.00 bits per heavy atom. The molecule has 1 heterocycles. The largest absolute Gasteiger partial charge is 0.323 e. The van der Waals surface area contributed by atoms with Gasteiger partial charge in [0.2, 0.25) is 11.8 Å². The Hall–Kier alpha value is -1.88. The molecule has 114 valence electrons. The first-order valence-electron chi connectivity index (χ1n) is 7.51. The normalized spacial score (nSPS) is 15.4. The summed E-state index contributed by atoms with van der Waals surface area (Å²) in [6.07, 6.45) is 2.55. The molecule has 21 heavy (non-hydrogen) atoms. The fourth-order valence-electron chi connectivity index (χ4n) is 2.54. The van der Waals surface area contributed by atoms with Crippen molar-refractivity contribution in [3.8, 4) is 0 Å². The summed E-state index contributed by atoms with van der Waals surface area (Å²) in [5, 5.41) is 2.89. The number of amides is 2. The lowest BCUT2D eigenvalue weighted by molar-refractivity contribution is -0.121. The molecule has 1 aliphatic rings. The van der Waals surface area contributed by atoms with E-state index in [1.807, 2.05) is 38.1 Å². The zero-order valence-corrected chi connectivity index (χ0v) is 12.7. The Kier molecular flexibility index (Phi) is 4.63. The molecule has 0 aromatic heterocycles. The van der Waals surface area contributed by atoms with Crippen LogP contribution in [0.15, 0.2) is 24.3 Å². The van der Waals surface area contributed by atoms with E-state index in [2.05, 4.69) is 5.32 Å². The molecule has 1 saturated heterocycles. The molecule has 1 aliphatic heterocycles. The van der Waals surface area contributed by atoms with Gasteiger partial charge in [0.1, 0.15) is 0 Å². The molecule has 0 bridgehead atoms. The predicted molar refractivity (Wildman–Crippen MR) is 84.2 cm³/mol.